The molecule has 3 aromatic rings. The number of para-hydroxylation sites is 1. The number of anilines is 1. The smallest absolute Gasteiger partial charge is 0.411 e. The molecule has 1 fully saturated rings. The van der Waals surface area contributed by atoms with Crippen molar-refractivity contribution in [3.05, 3.63) is 88.0 Å². The van der Waals surface area contributed by atoms with E-state index in [-0.39, 0.29) is 70.8 Å². The summed E-state index contributed by atoms with van der Waals surface area (Å²) in [4.78, 5) is 39.6. The van der Waals surface area contributed by atoms with Crippen LogP contribution in [0.3, 0.4) is 0 Å². The normalized spacial score (nSPS) is 25.6. The van der Waals surface area contributed by atoms with Gasteiger partial charge in [0.05, 0.1) is 23.3 Å². The number of nitrogens with one attached hydrogen (secondary N) is 1. The summed E-state index contributed by atoms with van der Waals surface area (Å²) in [5, 5.41) is 37.4. The number of hydrogen-bond donors (Lipinski definition) is 5. The molecule has 44 heavy (non-hydrogen) atoms. The summed E-state index contributed by atoms with van der Waals surface area (Å²) in [7, 11) is 0. The Hall–Kier alpha value is -4.00. The number of aromatic hydroxyl groups is 2. The second-order valence-corrected chi connectivity index (χ2v) is 11.4. The molecule has 0 spiro atoms. The number of halogens is 1. The minimum atomic E-state index is -1.79. The molecule has 12 heteroatoms. The first kappa shape index (κ1) is 31.4. The van der Waals surface area contributed by atoms with E-state index in [2.05, 4.69) is 5.32 Å². The summed E-state index contributed by atoms with van der Waals surface area (Å²) in [6.07, 6.45) is -2.52. The summed E-state index contributed by atoms with van der Waals surface area (Å²) in [6.45, 7) is 1.35. The molecule has 1 amide bonds. The fraction of sp³-hybridized carbons (Fsp3) is 0.344. The lowest BCUT2D eigenvalue weighted by Crippen LogP contribution is -2.46. The zero-order chi connectivity index (χ0) is 30.5. The van der Waals surface area contributed by atoms with Gasteiger partial charge in [0.15, 0.2) is 17.9 Å². The van der Waals surface area contributed by atoms with Crippen LogP contribution in [0, 0.1) is 0 Å². The van der Waals surface area contributed by atoms with Gasteiger partial charge < -0.3 is 35.3 Å². The number of hydrogen-bond acceptors (Lipinski definition) is 10. The highest BCUT2D eigenvalue weighted by Crippen LogP contribution is 2.51. The monoisotopic (exact) mass is 624 g/mol. The number of rotatable bonds is 5. The highest BCUT2D eigenvalue weighted by atomic mass is 35.5. The molecule has 1 heterocycles. The third-order valence-corrected chi connectivity index (χ3v) is 8.18. The average molecular weight is 625 g/mol. The number of aliphatic hydroxyl groups is 1. The lowest BCUT2D eigenvalue weighted by Gasteiger charge is -2.41. The van der Waals surface area contributed by atoms with Gasteiger partial charge in [-0.15, -0.1) is 12.4 Å². The van der Waals surface area contributed by atoms with Crippen LogP contribution in [-0.2, 0) is 20.6 Å². The lowest BCUT2D eigenvalue weighted by molar-refractivity contribution is -0.227. The minimum absolute atomic E-state index is 0. The van der Waals surface area contributed by atoms with E-state index in [1.165, 1.54) is 12.1 Å². The zero-order valence-corrected chi connectivity index (χ0v) is 24.6. The molecule has 11 nitrogen and oxygen atoms in total. The van der Waals surface area contributed by atoms with Gasteiger partial charge in [0.1, 0.15) is 23.7 Å². The van der Waals surface area contributed by atoms with Crippen molar-refractivity contribution in [1.82, 2.24) is 0 Å². The topological polar surface area (TPSA) is 178 Å². The van der Waals surface area contributed by atoms with E-state index in [0.717, 1.165) is 0 Å². The SMILES string of the molecule is C[C@H]1C[C@H](N)C[C@H](O[C@H]2C[C@](O)(COC(=O)Nc3ccccc3)Cc3c(O)c4c(c(O)c32)C(=O)c2ccccc2C4=O)O1.Cl. The number of benzene rings is 3. The van der Waals surface area contributed by atoms with Gasteiger partial charge in [-0.3, -0.25) is 14.9 Å². The van der Waals surface area contributed by atoms with Crippen LogP contribution in [0.2, 0.25) is 0 Å². The van der Waals surface area contributed by atoms with Crippen molar-refractivity contribution in [2.75, 3.05) is 11.9 Å². The van der Waals surface area contributed by atoms with Crippen molar-refractivity contribution in [2.45, 2.75) is 62.7 Å². The Morgan fingerprint density at radius 3 is 2.25 bits per heavy atom. The average Bonchev–Trinajstić information content (AvgIpc) is 2.96. The fourth-order valence-corrected chi connectivity index (χ4v) is 6.27. The van der Waals surface area contributed by atoms with E-state index in [9.17, 15) is 29.7 Å². The molecular formula is C32H33ClN2O9. The molecule has 1 aliphatic heterocycles. The molecule has 232 valence electrons. The van der Waals surface area contributed by atoms with Gasteiger partial charge in [0.2, 0.25) is 0 Å². The lowest BCUT2D eigenvalue weighted by atomic mass is 9.73. The first-order chi connectivity index (χ1) is 20.5. The van der Waals surface area contributed by atoms with Crippen LogP contribution in [0.1, 0.15) is 75.3 Å². The van der Waals surface area contributed by atoms with Crippen molar-refractivity contribution >= 4 is 35.8 Å². The van der Waals surface area contributed by atoms with Gasteiger partial charge >= 0.3 is 6.09 Å². The minimum Gasteiger partial charge on any atom is -0.507 e. The second-order valence-electron chi connectivity index (χ2n) is 11.4. The molecule has 0 aromatic heterocycles. The number of nitrogens with two attached hydrogens (primary N) is 1. The Balaban J connectivity index is 0.00000384. The number of ketones is 2. The van der Waals surface area contributed by atoms with Gasteiger partial charge in [-0.2, -0.15) is 0 Å². The van der Waals surface area contributed by atoms with Crippen molar-refractivity contribution in [3.63, 3.8) is 0 Å². The number of ether oxygens (including phenoxy) is 3. The molecule has 6 rings (SSSR count). The number of carbonyl (C=O) groups is 3. The van der Waals surface area contributed by atoms with Crippen LogP contribution in [0.5, 0.6) is 11.5 Å². The van der Waals surface area contributed by atoms with E-state index in [1.54, 1.807) is 42.5 Å². The fourth-order valence-electron chi connectivity index (χ4n) is 6.27. The first-order valence-electron chi connectivity index (χ1n) is 14.1. The van der Waals surface area contributed by atoms with E-state index < -0.39 is 53.8 Å². The van der Waals surface area contributed by atoms with Gasteiger partial charge in [-0.05, 0) is 25.5 Å². The van der Waals surface area contributed by atoms with Gasteiger partial charge in [0, 0.05) is 53.2 Å². The highest BCUT2D eigenvalue weighted by Gasteiger charge is 2.47. The summed E-state index contributed by atoms with van der Waals surface area (Å²) in [5.74, 6) is -2.32. The predicted octanol–water partition coefficient (Wildman–Crippen LogP) is 4.13. The second kappa shape index (κ2) is 12.2. The van der Waals surface area contributed by atoms with Gasteiger partial charge in [-0.25, -0.2) is 4.79 Å². The molecule has 2 aliphatic carbocycles. The number of phenolic OH excluding ortho intramolecular Hbond substituents is 2. The third kappa shape index (κ3) is 5.76. The highest BCUT2D eigenvalue weighted by molar-refractivity contribution is 6.30. The molecule has 3 aromatic carbocycles. The number of phenols is 2. The maximum atomic E-state index is 13.5. The molecule has 0 radical (unpaired) electrons. The summed E-state index contributed by atoms with van der Waals surface area (Å²) < 4.78 is 17.6. The Bertz CT molecular complexity index is 1600. The van der Waals surface area contributed by atoms with Crippen molar-refractivity contribution < 1.29 is 43.9 Å². The van der Waals surface area contributed by atoms with Crippen LogP contribution in [0.4, 0.5) is 10.5 Å². The van der Waals surface area contributed by atoms with Gasteiger partial charge in [-0.1, -0.05) is 42.5 Å². The molecule has 0 bridgehead atoms. The van der Waals surface area contributed by atoms with Crippen LogP contribution >= 0.6 is 12.4 Å². The summed E-state index contributed by atoms with van der Waals surface area (Å²) in [5.41, 5.74) is 4.49. The standard InChI is InChI=1S/C32H32N2O9.ClH/c1-16-11-17(33)12-23(42-16)43-22-14-32(40,15-41-31(39)34-18-7-3-2-4-8-18)13-21-24(22)30(38)26-25(29(21)37)27(35)19-9-5-6-10-20(19)28(26)36;/h2-10,16-17,22-23,37-38,40H,11-15,33H2,1H3,(H,34,39);1H/t16-,17-,22-,23-,32-;/m0./s1. The number of carbonyl (C=O) groups excluding carboxylic acids is 3. The Morgan fingerprint density at radius 1 is 1.00 bits per heavy atom. The van der Waals surface area contributed by atoms with Crippen LogP contribution in [-0.4, -0.2) is 63.6 Å². The summed E-state index contributed by atoms with van der Waals surface area (Å²) in [6, 6.07) is 14.6. The number of amides is 1. The zero-order valence-electron chi connectivity index (χ0n) is 23.8. The van der Waals surface area contributed by atoms with Crippen molar-refractivity contribution in [2.24, 2.45) is 5.73 Å². The molecular weight excluding hydrogens is 592 g/mol. The maximum Gasteiger partial charge on any atom is 0.411 e. The van der Waals surface area contributed by atoms with E-state index in [0.29, 0.717) is 18.5 Å². The Labute approximate surface area is 259 Å². The van der Waals surface area contributed by atoms with E-state index in [1.807, 2.05) is 6.92 Å². The first-order valence-corrected chi connectivity index (χ1v) is 14.1. The third-order valence-electron chi connectivity index (χ3n) is 8.18. The van der Waals surface area contributed by atoms with E-state index in [4.69, 9.17) is 19.9 Å². The van der Waals surface area contributed by atoms with Crippen molar-refractivity contribution in [3.8, 4) is 11.5 Å². The summed E-state index contributed by atoms with van der Waals surface area (Å²) >= 11 is 0. The number of fused-ring (bicyclic) bond motifs is 3. The molecule has 1 saturated heterocycles. The van der Waals surface area contributed by atoms with Crippen LogP contribution in [0.15, 0.2) is 54.6 Å². The predicted molar refractivity (Wildman–Crippen MR) is 160 cm³/mol. The van der Waals surface area contributed by atoms with Crippen molar-refractivity contribution in [1.29, 1.82) is 0 Å². The Kier molecular flexibility index (Phi) is 8.70. The van der Waals surface area contributed by atoms with E-state index >= 15 is 0 Å². The van der Waals surface area contributed by atoms with Crippen LogP contribution in [0.25, 0.3) is 0 Å². The maximum absolute atomic E-state index is 13.5. The molecule has 0 saturated carbocycles. The Morgan fingerprint density at radius 2 is 1.61 bits per heavy atom. The molecule has 0 unspecified atom stereocenters. The molecule has 6 N–H and O–H groups in total. The molecule has 5 atom stereocenters. The quantitative estimate of drug-likeness (QED) is 0.203. The van der Waals surface area contributed by atoms with Crippen LogP contribution < -0.4 is 11.1 Å². The largest absolute Gasteiger partial charge is 0.507 e. The molecule has 3 aliphatic rings. The van der Waals surface area contributed by atoms with Gasteiger partial charge in [0.25, 0.3) is 0 Å².